The molecule has 0 bridgehead atoms. The van der Waals surface area contributed by atoms with Gasteiger partial charge in [-0.2, -0.15) is 5.26 Å². The van der Waals surface area contributed by atoms with Crippen LogP contribution in [0.5, 0.6) is 23.0 Å². The van der Waals surface area contributed by atoms with Gasteiger partial charge in [-0.3, -0.25) is 37.9 Å². The highest BCUT2D eigenvalue weighted by Gasteiger charge is 2.55. The number of aryl methyl sites for hydroxylation is 1. The van der Waals surface area contributed by atoms with Gasteiger partial charge in [0, 0.05) is 82.1 Å². The molecule has 2 fully saturated rings. The molecule has 704 valence electrons. The number of furan rings is 2. The van der Waals surface area contributed by atoms with Crippen molar-refractivity contribution >= 4 is 117 Å². The molecule has 3 aliphatic carbocycles. The number of carboxylic acids is 1. The maximum atomic E-state index is 14.0. The van der Waals surface area contributed by atoms with E-state index in [0.717, 1.165) is 107 Å². The second-order valence-corrected chi connectivity index (χ2v) is 41.4. The fourth-order valence-corrected chi connectivity index (χ4v) is 21.6. The quantitative estimate of drug-likeness (QED) is 0.0136. The zero-order chi connectivity index (χ0) is 96.0. The predicted molar refractivity (Wildman–Crippen MR) is 505 cm³/mol. The average Bonchev–Trinajstić information content (AvgIpc) is 0.861. The summed E-state index contributed by atoms with van der Waals surface area (Å²) in [5, 5.41) is 60.9. The number of aliphatic hydroxyl groups excluding tert-OH is 1. The Morgan fingerprint density at radius 2 is 1.36 bits per heavy atom. The number of para-hydroxylation sites is 1. The van der Waals surface area contributed by atoms with Gasteiger partial charge in [0.05, 0.1) is 30.6 Å². The van der Waals surface area contributed by atoms with Crippen LogP contribution in [0.15, 0.2) is 158 Å². The van der Waals surface area contributed by atoms with Gasteiger partial charge >= 0.3 is 25.5 Å². The van der Waals surface area contributed by atoms with Crippen molar-refractivity contribution in [2.24, 2.45) is 34.5 Å². The molecule has 2 aliphatic heterocycles. The van der Waals surface area contributed by atoms with Gasteiger partial charge in [0.1, 0.15) is 81.7 Å². The Hall–Kier alpha value is -11.1. The van der Waals surface area contributed by atoms with Gasteiger partial charge in [-0.15, -0.1) is 22.7 Å². The van der Waals surface area contributed by atoms with Crippen LogP contribution in [0.3, 0.4) is 0 Å². The molecule has 14 N–H and O–H groups in total. The monoisotopic (exact) mass is 1910 g/mol. The van der Waals surface area contributed by atoms with Crippen LogP contribution in [0, 0.1) is 45.8 Å². The molecule has 6 aromatic heterocycles. The number of halogens is 1. The summed E-state index contributed by atoms with van der Waals surface area (Å²) in [6, 6.07) is 36.7. The van der Waals surface area contributed by atoms with Crippen LogP contribution in [0.2, 0.25) is 5.02 Å². The number of aromatic hydroxyl groups is 2. The third kappa shape index (κ3) is 25.4. The van der Waals surface area contributed by atoms with E-state index in [9.17, 15) is 58.0 Å². The number of aromatic nitrogens is 3. The second-order valence-electron chi connectivity index (χ2n) is 35.2. The van der Waals surface area contributed by atoms with Crippen molar-refractivity contribution in [2.45, 2.75) is 197 Å². The van der Waals surface area contributed by atoms with Crippen molar-refractivity contribution in [1.29, 1.82) is 5.26 Å². The number of thiazole rings is 1. The lowest BCUT2D eigenvalue weighted by Crippen LogP contribution is -2.51. The number of nitrogen functional groups attached to an aromatic ring is 2. The summed E-state index contributed by atoms with van der Waals surface area (Å²) in [5.74, 6) is 0.316. The number of carbonyl (C=O) groups is 6. The molecule has 0 radical (unpaired) electrons. The molecule has 31 nitrogen and oxygen atoms in total. The van der Waals surface area contributed by atoms with Gasteiger partial charge < -0.3 is 84.5 Å². The summed E-state index contributed by atoms with van der Waals surface area (Å²) in [6.07, 6.45) is 7.82. The first-order valence-corrected chi connectivity index (χ1v) is 49.1. The number of aliphatic carboxylic acids is 1. The van der Waals surface area contributed by atoms with Crippen molar-refractivity contribution < 1.29 is 101 Å². The first-order chi connectivity index (χ1) is 62.5. The van der Waals surface area contributed by atoms with Gasteiger partial charge in [-0.1, -0.05) is 140 Å². The van der Waals surface area contributed by atoms with Crippen LogP contribution < -0.4 is 53.0 Å². The summed E-state index contributed by atoms with van der Waals surface area (Å²) < 4.78 is 63.6. The minimum absolute atomic E-state index is 0.00851. The summed E-state index contributed by atoms with van der Waals surface area (Å²) in [5.41, 5.74) is 17.7. The lowest BCUT2D eigenvalue weighted by atomic mass is 9.58. The molecule has 2 saturated carbocycles. The van der Waals surface area contributed by atoms with Crippen molar-refractivity contribution in [3.05, 3.63) is 187 Å². The number of aromatic amines is 1. The Labute approximate surface area is 778 Å². The highest BCUT2D eigenvalue weighted by atomic mass is 35.5. The summed E-state index contributed by atoms with van der Waals surface area (Å²) >= 11 is 8.63. The smallest absolute Gasteiger partial charge is 0.391 e. The number of fused-ring (bicyclic) bond motifs is 3. The van der Waals surface area contributed by atoms with E-state index in [2.05, 4.69) is 58.1 Å². The Balaban J connectivity index is 0.000000160. The van der Waals surface area contributed by atoms with E-state index in [4.69, 9.17) is 75.7 Å². The largest absolute Gasteiger partial charge is 0.507 e. The Morgan fingerprint density at radius 3 is 1.97 bits per heavy atom. The molecule has 4 aromatic carbocycles. The number of benzene rings is 4. The number of phenolic OH excluding ortho intramolecular Hbond substituents is 1. The molecule has 0 amide bonds. The number of phenols is 1. The lowest BCUT2D eigenvalue weighted by Gasteiger charge is -2.49. The molecule has 5 aliphatic rings. The molecule has 3 unspecified atom stereocenters. The molecule has 10 aromatic rings. The number of hydrogen-bond donors (Lipinski definition) is 12. The molecule has 0 spiro atoms. The molecule has 0 saturated heterocycles. The number of nitriles is 1. The zero-order valence-corrected chi connectivity index (χ0v) is 79.8. The van der Waals surface area contributed by atoms with Crippen molar-refractivity contribution in [3.63, 3.8) is 0 Å². The number of ketones is 3. The number of H-pyrrole nitrogens is 1. The number of nitrogens with zero attached hydrogens (tertiary/aromatic N) is 3. The normalized spacial score (nSPS) is 18.3. The molecule has 8 heterocycles. The fourth-order valence-electron chi connectivity index (χ4n) is 16.8. The SMILES string of the molecule is CC1(C)CC(=O)C(C2C3=C(CC(C)(C)CC3=O)OC3CCCCC32)C(=O)C1.CCCc1ccc(N)nc1-c1ccc(P(=O)(O)O)o1.CCOC(=O)[C@H](C)NP(=O)(N[C@@H](C)C(=O)OCC)c1ccc(-c2nc(N)sc2CC(C)C)o1.C[C@H](Cc1ccc2c(c1)OC[C@H](C(=O)O)O2)NC[C@H](O)c1cccc(Cl)c1.N#Cc1c(O)c2c(-c3ccc(-c4ccccc4O)cc3)csc2[nH]c1=O. The summed E-state index contributed by atoms with van der Waals surface area (Å²) in [4.78, 5) is 117. The van der Waals surface area contributed by atoms with E-state index in [1.807, 2.05) is 99.8 Å². The maximum absolute atomic E-state index is 14.0. The molecule has 132 heavy (non-hydrogen) atoms. The van der Waals surface area contributed by atoms with E-state index in [1.54, 1.807) is 62.4 Å². The number of rotatable bonds is 26. The highest BCUT2D eigenvalue weighted by molar-refractivity contribution is 7.67. The molecule has 36 heteroatoms. The number of carboxylic acid groups (broad SMARTS) is 1. The zero-order valence-electron chi connectivity index (χ0n) is 75.6. The van der Waals surface area contributed by atoms with E-state index in [0.29, 0.717) is 97.9 Å². The van der Waals surface area contributed by atoms with Crippen molar-refractivity contribution in [2.75, 3.05) is 37.8 Å². The van der Waals surface area contributed by atoms with Crippen LogP contribution in [-0.4, -0.2) is 137 Å². The third-order valence-corrected chi connectivity index (χ3v) is 28.0. The third-order valence-electron chi connectivity index (χ3n) is 22.8. The minimum atomic E-state index is -4.39. The van der Waals surface area contributed by atoms with E-state index < -0.39 is 68.7 Å². The first kappa shape index (κ1) is 101. The number of nitrogens with one attached hydrogen (secondary N) is 4. The number of pyridine rings is 2. The number of aliphatic hydroxyl groups is 1. The number of hydrogen-bond acceptors (Lipinski definition) is 27. The number of anilines is 2. The number of allylic oxidation sites excluding steroid dienone is 2. The molecular formula is C96H114ClN9O22P2S2. The number of Topliss-reactive ketones (excluding diaryl/α,β-unsaturated/α-hetero) is 3. The van der Waals surface area contributed by atoms with E-state index >= 15 is 0 Å². The van der Waals surface area contributed by atoms with E-state index in [-0.39, 0.29) is 100 Å². The summed E-state index contributed by atoms with van der Waals surface area (Å²) in [7, 11) is -8.18. The van der Waals surface area contributed by atoms with E-state index in [1.165, 1.54) is 54.7 Å². The number of nitrogens with two attached hydrogens (primary N) is 2. The number of thiophene rings is 1. The lowest BCUT2D eigenvalue weighted by molar-refractivity contribution is -0.148. The average molecular weight is 1910 g/mol. The molecule has 15 rings (SSSR count). The van der Waals surface area contributed by atoms with Crippen LogP contribution in [0.4, 0.5) is 10.9 Å². The molecule has 8 atom stereocenters. The molecular weight excluding hydrogens is 1790 g/mol. The van der Waals surface area contributed by atoms with Gasteiger partial charge in [0.2, 0.25) is 11.6 Å². The highest BCUT2D eigenvalue weighted by Crippen LogP contribution is 2.54. The Morgan fingerprint density at radius 1 is 0.727 bits per heavy atom. The number of ether oxygens (including phenoxy) is 5. The van der Waals surface area contributed by atoms with Crippen LogP contribution in [-0.2, 0) is 71.4 Å². The minimum Gasteiger partial charge on any atom is -0.507 e. The van der Waals surface area contributed by atoms with Crippen molar-refractivity contribution in [3.8, 4) is 74.2 Å². The predicted octanol–water partition coefficient (Wildman–Crippen LogP) is 16.2. The van der Waals surface area contributed by atoms with Gasteiger partial charge in [-0.05, 0) is 178 Å². The topological polar surface area (TPSA) is 501 Å². The van der Waals surface area contributed by atoms with Crippen molar-refractivity contribution in [1.82, 2.24) is 30.4 Å². The van der Waals surface area contributed by atoms with Crippen LogP contribution >= 0.6 is 49.3 Å². The van der Waals surface area contributed by atoms with Crippen LogP contribution in [0.25, 0.3) is 55.4 Å². The van der Waals surface area contributed by atoms with Crippen LogP contribution in [0.1, 0.15) is 174 Å². The number of esters is 2. The second kappa shape index (κ2) is 44.2. The van der Waals surface area contributed by atoms with Gasteiger partial charge in [0.15, 0.2) is 45.0 Å². The number of carbonyl (C=O) groups excluding carboxylic acids is 5. The first-order valence-electron chi connectivity index (χ1n) is 43.7. The maximum Gasteiger partial charge on any atom is 0.391 e. The summed E-state index contributed by atoms with van der Waals surface area (Å²) in [6.45, 7) is 23.6. The van der Waals surface area contributed by atoms with Gasteiger partial charge in [-0.25, -0.2) is 24.9 Å². The standard InChI is InChI=1S/C23H32O4.C21H33N4O6PS.C20H22ClNO5.C20H12N2O3S.C12H15N2O4P/c1-22(2)9-14(24)20(15(25)10-22)19-13-7-5-6-8-17(13)27-18-12-23(3,4)11-16(26)21(18)19;1-7-29-19(26)13(5)24-32(28,25-14(6)20(27)30-8-2)17-10-9-15(31-17)18-16(11-12(3)4)33-21(22)23-18;1-12(22-10-16(23)14-3-2-4-15(21)9-14)7-13-5-6-17-18(8-13)26-11-19(27-17)20(24)25;21-9-14-18(24)17-15(10-26-20(17)22-19(14)25)12-7-5-11(6-8-12)13-3-1-2-4-16(13)23;1-2-3-8-4-6-10(13)14-12(8)9-5-7-11(18-9)19(15,16)17/h13,17,19-20H,5-12H2,1-4H3;9-10,12-14H,7-8,11H2,1-6H3,(H2,22,23)(H2,24,25,28);2-6,8-9,12,16,19,22-23H,7,10-11H2,1H3,(H,24,25);1-8,10,23H,(H2,22,24,25);4-7H,2-3H2,1H3,(H2,13,14)(H2,15,16,17)/t;13-,14-;12-,16+,19-;;/m.01../s1. The fraction of sp³-hybridized carbons (Fsp3) is 0.417. The Kier molecular flexibility index (Phi) is 33.9. The van der Waals surface area contributed by atoms with Gasteiger partial charge in [0.25, 0.3) is 13.0 Å². The Bertz CT molecular complexity index is 6030.